The van der Waals surface area contributed by atoms with E-state index < -0.39 is 0 Å². The number of rotatable bonds is 4. The molecular weight excluding hydrogens is 392 g/mol. The molecule has 0 aromatic heterocycles. The Balaban J connectivity index is 1.48. The quantitative estimate of drug-likeness (QED) is 0.471. The minimum absolute atomic E-state index is 0.129. The lowest BCUT2D eigenvalue weighted by Gasteiger charge is -2.35. The van der Waals surface area contributed by atoms with E-state index in [9.17, 15) is 5.11 Å². The van der Waals surface area contributed by atoms with Crippen molar-refractivity contribution in [2.24, 2.45) is 5.41 Å². The summed E-state index contributed by atoms with van der Waals surface area (Å²) < 4.78 is 6.17. The van der Waals surface area contributed by atoms with Gasteiger partial charge in [0.05, 0.1) is 0 Å². The van der Waals surface area contributed by atoms with Crippen molar-refractivity contribution >= 4 is 0 Å². The lowest BCUT2D eigenvalue weighted by atomic mass is 9.69. The molecule has 0 heterocycles. The van der Waals surface area contributed by atoms with Gasteiger partial charge in [0, 0.05) is 5.92 Å². The third-order valence-corrected chi connectivity index (χ3v) is 6.75. The number of phenols is 1. The summed E-state index contributed by atoms with van der Waals surface area (Å²) in [7, 11) is 0. The molecule has 1 N–H and O–H groups in total. The summed E-state index contributed by atoms with van der Waals surface area (Å²) in [5.74, 6) is 2.78. The summed E-state index contributed by atoms with van der Waals surface area (Å²) in [6, 6.07) is 25.3. The number of benzene rings is 3. The van der Waals surface area contributed by atoms with Crippen molar-refractivity contribution in [1.29, 1.82) is 0 Å². The summed E-state index contributed by atoms with van der Waals surface area (Å²) in [5, 5.41) is 10.0. The van der Waals surface area contributed by atoms with Gasteiger partial charge in [0.15, 0.2) is 0 Å². The number of fused-ring (bicyclic) bond motifs is 1. The minimum Gasteiger partial charge on any atom is -0.508 e. The maximum absolute atomic E-state index is 10.0. The fourth-order valence-corrected chi connectivity index (χ4v) is 5.19. The van der Waals surface area contributed by atoms with Crippen LogP contribution in [0.2, 0.25) is 0 Å². The van der Waals surface area contributed by atoms with Crippen LogP contribution >= 0.6 is 0 Å². The molecule has 0 amide bonds. The maximum Gasteiger partial charge on any atom is 0.127 e. The van der Waals surface area contributed by atoms with E-state index in [4.69, 9.17) is 4.74 Å². The van der Waals surface area contributed by atoms with E-state index in [2.05, 4.69) is 92.7 Å². The number of aryl methyl sites for hydroxylation is 1. The Bertz CT molecular complexity index is 1150. The highest BCUT2D eigenvalue weighted by Gasteiger charge is 2.32. The minimum atomic E-state index is 0.129. The number of hydrogen-bond donors (Lipinski definition) is 1. The number of phenolic OH excluding ortho intramolecular Hbond substituents is 1. The van der Waals surface area contributed by atoms with Gasteiger partial charge in [0.1, 0.15) is 17.3 Å². The number of aromatic hydroxyl groups is 1. The van der Waals surface area contributed by atoms with Crippen LogP contribution in [0.4, 0.5) is 0 Å². The Labute approximate surface area is 190 Å². The van der Waals surface area contributed by atoms with Crippen molar-refractivity contribution in [3.63, 3.8) is 0 Å². The van der Waals surface area contributed by atoms with Crippen LogP contribution in [0.25, 0.3) is 0 Å². The summed E-state index contributed by atoms with van der Waals surface area (Å²) in [4.78, 5) is 0. The molecule has 2 aliphatic carbocycles. The number of ether oxygens (including phenoxy) is 1. The molecular formula is C30H30O2. The second-order valence-electron chi connectivity index (χ2n) is 9.73. The summed E-state index contributed by atoms with van der Waals surface area (Å²) in [6.45, 7) is 4.45. The summed E-state index contributed by atoms with van der Waals surface area (Å²) >= 11 is 0. The molecule has 3 aromatic rings. The van der Waals surface area contributed by atoms with Gasteiger partial charge in [0.2, 0.25) is 0 Å². The molecule has 0 radical (unpaired) electrons. The van der Waals surface area contributed by atoms with Gasteiger partial charge in [-0.3, -0.25) is 0 Å². The Kier molecular flexibility index (Phi) is 5.38. The van der Waals surface area contributed by atoms with Gasteiger partial charge in [-0.2, -0.15) is 0 Å². The molecule has 5 rings (SSSR count). The van der Waals surface area contributed by atoms with Gasteiger partial charge in [-0.25, -0.2) is 0 Å². The van der Waals surface area contributed by atoms with Crippen LogP contribution in [0.5, 0.6) is 11.5 Å². The molecule has 0 saturated carbocycles. The Morgan fingerprint density at radius 2 is 1.69 bits per heavy atom. The summed E-state index contributed by atoms with van der Waals surface area (Å²) in [6.07, 6.45) is 9.54. The van der Waals surface area contributed by atoms with Crippen LogP contribution in [0, 0.1) is 5.41 Å². The molecule has 0 spiro atoms. The van der Waals surface area contributed by atoms with Crippen LogP contribution in [0.15, 0.2) is 96.8 Å². The standard InChI is InChI=1S/C30H30O2/c1-30(2)18-6-9-26(20-30)32-25-14-10-22(11-15-25)29-27(21-7-4-3-5-8-21)16-12-23-19-24(31)13-17-28(23)29/h3-11,13-15,17,19-20,27,29,31H,12,16,18H2,1-2H3/t27?,29-/m1/s1. The fourth-order valence-electron chi connectivity index (χ4n) is 5.19. The lowest BCUT2D eigenvalue weighted by Crippen LogP contribution is -2.20. The van der Waals surface area contributed by atoms with E-state index in [1.54, 1.807) is 0 Å². The van der Waals surface area contributed by atoms with E-state index in [1.165, 1.54) is 22.3 Å². The first-order valence-corrected chi connectivity index (χ1v) is 11.5. The van der Waals surface area contributed by atoms with Crippen molar-refractivity contribution in [1.82, 2.24) is 0 Å². The van der Waals surface area contributed by atoms with Gasteiger partial charge in [-0.15, -0.1) is 0 Å². The van der Waals surface area contributed by atoms with Gasteiger partial charge < -0.3 is 9.84 Å². The molecule has 0 aliphatic heterocycles. The average molecular weight is 423 g/mol. The Hall–Kier alpha value is -3.26. The third-order valence-electron chi connectivity index (χ3n) is 6.75. The molecule has 2 aliphatic rings. The van der Waals surface area contributed by atoms with Gasteiger partial charge in [0.25, 0.3) is 0 Å². The van der Waals surface area contributed by atoms with E-state index in [0.717, 1.165) is 30.8 Å². The second-order valence-corrected chi connectivity index (χ2v) is 9.73. The Morgan fingerprint density at radius 3 is 2.44 bits per heavy atom. The van der Waals surface area contributed by atoms with Crippen LogP contribution in [-0.2, 0) is 6.42 Å². The molecule has 2 heteroatoms. The lowest BCUT2D eigenvalue weighted by molar-refractivity contribution is 0.399. The summed E-state index contributed by atoms with van der Waals surface area (Å²) in [5.41, 5.74) is 5.35. The van der Waals surface area contributed by atoms with Crippen molar-refractivity contribution in [2.75, 3.05) is 0 Å². The van der Waals surface area contributed by atoms with E-state index in [0.29, 0.717) is 11.7 Å². The average Bonchev–Trinajstić information content (AvgIpc) is 2.79. The largest absolute Gasteiger partial charge is 0.508 e. The predicted molar refractivity (Wildman–Crippen MR) is 130 cm³/mol. The third kappa shape index (κ3) is 4.23. The van der Waals surface area contributed by atoms with Crippen molar-refractivity contribution in [2.45, 2.75) is 44.9 Å². The van der Waals surface area contributed by atoms with Gasteiger partial charge in [-0.1, -0.05) is 68.5 Å². The van der Waals surface area contributed by atoms with Crippen LogP contribution in [0.3, 0.4) is 0 Å². The molecule has 0 saturated heterocycles. The van der Waals surface area contributed by atoms with Crippen molar-refractivity contribution in [3.8, 4) is 11.5 Å². The van der Waals surface area contributed by atoms with Crippen molar-refractivity contribution < 1.29 is 9.84 Å². The SMILES string of the molecule is CC1(C)C=C(Oc2ccc([C@H]3c4ccc(O)cc4CCC3c3ccccc3)cc2)C=CC1. The van der Waals surface area contributed by atoms with E-state index in [-0.39, 0.29) is 11.3 Å². The highest BCUT2D eigenvalue weighted by Crippen LogP contribution is 2.47. The van der Waals surface area contributed by atoms with E-state index in [1.807, 2.05) is 12.1 Å². The molecule has 3 aromatic carbocycles. The highest BCUT2D eigenvalue weighted by atomic mass is 16.5. The normalized spacial score (nSPS) is 21.5. The zero-order valence-corrected chi connectivity index (χ0v) is 18.8. The highest BCUT2D eigenvalue weighted by molar-refractivity contribution is 5.48. The Morgan fingerprint density at radius 1 is 0.906 bits per heavy atom. The van der Waals surface area contributed by atoms with Gasteiger partial charge >= 0.3 is 0 Å². The monoisotopic (exact) mass is 422 g/mol. The van der Waals surface area contributed by atoms with Crippen LogP contribution in [-0.4, -0.2) is 5.11 Å². The molecule has 0 bridgehead atoms. The maximum atomic E-state index is 10.0. The molecule has 1 unspecified atom stereocenters. The van der Waals surface area contributed by atoms with E-state index >= 15 is 0 Å². The smallest absolute Gasteiger partial charge is 0.127 e. The molecule has 32 heavy (non-hydrogen) atoms. The first-order chi connectivity index (χ1) is 15.5. The number of allylic oxidation sites excluding steroid dienone is 3. The topological polar surface area (TPSA) is 29.5 Å². The fraction of sp³-hybridized carbons (Fsp3) is 0.267. The zero-order chi connectivity index (χ0) is 22.1. The number of hydrogen-bond acceptors (Lipinski definition) is 2. The van der Waals surface area contributed by atoms with Gasteiger partial charge in [-0.05, 0) is 89.3 Å². The van der Waals surface area contributed by atoms with Crippen LogP contribution in [0.1, 0.15) is 60.8 Å². The zero-order valence-electron chi connectivity index (χ0n) is 18.8. The molecule has 0 fully saturated rings. The van der Waals surface area contributed by atoms with Crippen LogP contribution < -0.4 is 4.74 Å². The first-order valence-electron chi connectivity index (χ1n) is 11.5. The second kappa shape index (κ2) is 8.35. The predicted octanol–water partition coefficient (Wildman–Crippen LogP) is 7.50. The van der Waals surface area contributed by atoms with Crippen molar-refractivity contribution in [3.05, 3.63) is 119 Å². The molecule has 162 valence electrons. The first kappa shape index (κ1) is 20.6. The molecule has 2 atom stereocenters. The molecule has 2 nitrogen and oxygen atoms in total.